The highest BCUT2D eigenvalue weighted by atomic mass is 16.5. The van der Waals surface area contributed by atoms with Gasteiger partial charge in [0.2, 0.25) is 0 Å². The molecule has 20 heavy (non-hydrogen) atoms. The molecule has 0 aromatic carbocycles. The second-order valence-electron chi connectivity index (χ2n) is 5.64. The molecule has 5 nitrogen and oxygen atoms in total. The summed E-state index contributed by atoms with van der Waals surface area (Å²) in [6, 6.07) is 0.549. The smallest absolute Gasteiger partial charge is 0.191 e. The lowest BCUT2D eigenvalue weighted by molar-refractivity contribution is 0.147. The van der Waals surface area contributed by atoms with E-state index in [2.05, 4.69) is 34.4 Å². The van der Waals surface area contributed by atoms with Crippen LogP contribution in [0.3, 0.4) is 0 Å². The molecule has 0 aromatic rings. The van der Waals surface area contributed by atoms with Crippen LogP contribution in [0.5, 0.6) is 0 Å². The van der Waals surface area contributed by atoms with Crippen molar-refractivity contribution in [3.05, 3.63) is 0 Å². The van der Waals surface area contributed by atoms with E-state index in [0.29, 0.717) is 6.04 Å². The van der Waals surface area contributed by atoms with Crippen LogP contribution in [0.1, 0.15) is 33.6 Å². The highest BCUT2D eigenvalue weighted by Crippen LogP contribution is 2.17. The van der Waals surface area contributed by atoms with Crippen molar-refractivity contribution < 1.29 is 4.74 Å². The Bertz CT molecular complexity index is 275. The van der Waals surface area contributed by atoms with Crippen molar-refractivity contribution in [3.63, 3.8) is 0 Å². The van der Waals surface area contributed by atoms with Gasteiger partial charge in [-0.15, -0.1) is 0 Å². The Morgan fingerprint density at radius 1 is 1.35 bits per heavy atom. The molecule has 1 aliphatic rings. The zero-order chi connectivity index (χ0) is 14.8. The molecule has 0 saturated carbocycles. The molecule has 0 aromatic heterocycles. The Labute approximate surface area is 124 Å². The van der Waals surface area contributed by atoms with E-state index in [4.69, 9.17) is 4.74 Å². The molecule has 0 bridgehead atoms. The number of aliphatic imine (C=N–C) groups is 1. The van der Waals surface area contributed by atoms with Gasteiger partial charge in [0, 0.05) is 32.8 Å². The number of hydrogen-bond donors (Lipinski definition) is 2. The van der Waals surface area contributed by atoms with Crippen molar-refractivity contribution in [1.82, 2.24) is 15.5 Å². The van der Waals surface area contributed by atoms with Crippen LogP contribution in [0.4, 0.5) is 0 Å². The minimum atomic E-state index is 0.549. The fraction of sp³-hybridized carbons (Fsp3) is 0.933. The van der Waals surface area contributed by atoms with Gasteiger partial charge in [-0.3, -0.25) is 9.89 Å². The molecular formula is C15H32N4O. The summed E-state index contributed by atoms with van der Waals surface area (Å²) in [6.45, 7) is 12.3. The average molecular weight is 284 g/mol. The molecule has 0 amide bonds. The Hall–Kier alpha value is -0.810. The number of ether oxygens (including phenoxy) is 1. The Morgan fingerprint density at radius 3 is 2.65 bits per heavy atom. The van der Waals surface area contributed by atoms with Gasteiger partial charge in [-0.25, -0.2) is 0 Å². The van der Waals surface area contributed by atoms with Crippen LogP contribution in [0.15, 0.2) is 4.99 Å². The van der Waals surface area contributed by atoms with Gasteiger partial charge in [0.15, 0.2) is 5.96 Å². The molecule has 2 N–H and O–H groups in total. The maximum atomic E-state index is 5.31. The van der Waals surface area contributed by atoms with Gasteiger partial charge in [-0.05, 0) is 45.7 Å². The van der Waals surface area contributed by atoms with Crippen LogP contribution in [-0.4, -0.2) is 63.3 Å². The maximum absolute atomic E-state index is 5.31. The standard InChI is InChI=1S/C15H32N4O/c1-5-20-11-8-17-15(16-4)18-12-14(3)19-9-6-13(2)7-10-19/h13-14H,5-12H2,1-4H3,(H2,16,17,18). The van der Waals surface area contributed by atoms with Gasteiger partial charge >= 0.3 is 0 Å². The molecule has 0 radical (unpaired) electrons. The lowest BCUT2D eigenvalue weighted by Gasteiger charge is -2.35. The fourth-order valence-electron chi connectivity index (χ4n) is 2.45. The lowest BCUT2D eigenvalue weighted by Crippen LogP contribution is -2.48. The summed E-state index contributed by atoms with van der Waals surface area (Å²) >= 11 is 0. The van der Waals surface area contributed by atoms with Gasteiger partial charge in [-0.2, -0.15) is 0 Å². The summed E-state index contributed by atoms with van der Waals surface area (Å²) < 4.78 is 5.31. The molecule has 1 fully saturated rings. The molecule has 0 aliphatic carbocycles. The summed E-state index contributed by atoms with van der Waals surface area (Å²) in [7, 11) is 1.81. The molecule has 1 atom stereocenters. The number of hydrogen-bond acceptors (Lipinski definition) is 3. The van der Waals surface area contributed by atoms with Crippen molar-refractivity contribution in [2.75, 3.05) is 46.4 Å². The van der Waals surface area contributed by atoms with Crippen LogP contribution in [0.2, 0.25) is 0 Å². The van der Waals surface area contributed by atoms with E-state index in [1.54, 1.807) is 0 Å². The minimum absolute atomic E-state index is 0.549. The first-order valence-corrected chi connectivity index (χ1v) is 7.93. The topological polar surface area (TPSA) is 48.9 Å². The number of likely N-dealkylation sites (tertiary alicyclic amines) is 1. The summed E-state index contributed by atoms with van der Waals surface area (Å²) in [5.41, 5.74) is 0. The third-order valence-electron chi connectivity index (χ3n) is 3.97. The van der Waals surface area contributed by atoms with E-state index in [1.807, 2.05) is 14.0 Å². The average Bonchev–Trinajstić information content (AvgIpc) is 2.47. The van der Waals surface area contributed by atoms with Crippen molar-refractivity contribution >= 4 is 5.96 Å². The third kappa shape index (κ3) is 6.57. The number of guanidine groups is 1. The highest BCUT2D eigenvalue weighted by molar-refractivity contribution is 5.79. The van der Waals surface area contributed by atoms with Crippen LogP contribution in [0.25, 0.3) is 0 Å². The number of nitrogens with one attached hydrogen (secondary N) is 2. The summed E-state index contributed by atoms with van der Waals surface area (Å²) in [6.07, 6.45) is 2.65. The van der Waals surface area contributed by atoms with E-state index >= 15 is 0 Å². The van der Waals surface area contributed by atoms with Crippen molar-refractivity contribution in [3.8, 4) is 0 Å². The van der Waals surface area contributed by atoms with E-state index in [0.717, 1.165) is 38.2 Å². The molecular weight excluding hydrogens is 252 g/mol. The van der Waals surface area contributed by atoms with E-state index in [1.165, 1.54) is 25.9 Å². The van der Waals surface area contributed by atoms with E-state index < -0.39 is 0 Å². The first kappa shape index (κ1) is 17.2. The quantitative estimate of drug-likeness (QED) is 0.420. The normalized spacial score (nSPS) is 19.9. The first-order valence-electron chi connectivity index (χ1n) is 7.93. The van der Waals surface area contributed by atoms with E-state index in [9.17, 15) is 0 Å². The van der Waals surface area contributed by atoms with Crippen LogP contribution in [-0.2, 0) is 4.74 Å². The molecule has 1 unspecified atom stereocenters. The second kappa shape index (κ2) is 10.00. The zero-order valence-corrected chi connectivity index (χ0v) is 13.6. The molecule has 0 spiro atoms. The summed E-state index contributed by atoms with van der Waals surface area (Å²) in [4.78, 5) is 6.81. The van der Waals surface area contributed by atoms with Gasteiger partial charge in [-0.1, -0.05) is 6.92 Å². The van der Waals surface area contributed by atoms with Gasteiger partial charge in [0.1, 0.15) is 0 Å². The van der Waals surface area contributed by atoms with Crippen molar-refractivity contribution in [2.24, 2.45) is 10.9 Å². The fourth-order valence-corrected chi connectivity index (χ4v) is 2.45. The molecule has 118 valence electrons. The molecule has 1 saturated heterocycles. The number of rotatable bonds is 7. The van der Waals surface area contributed by atoms with E-state index in [-0.39, 0.29) is 0 Å². The zero-order valence-electron chi connectivity index (χ0n) is 13.6. The van der Waals surface area contributed by atoms with Crippen molar-refractivity contribution in [2.45, 2.75) is 39.7 Å². The molecule has 1 rings (SSSR count). The molecule has 1 aliphatic heterocycles. The summed E-state index contributed by atoms with van der Waals surface area (Å²) in [5.74, 6) is 1.75. The first-order chi connectivity index (χ1) is 9.67. The maximum Gasteiger partial charge on any atom is 0.191 e. The number of piperidine rings is 1. The highest BCUT2D eigenvalue weighted by Gasteiger charge is 2.20. The Morgan fingerprint density at radius 2 is 2.05 bits per heavy atom. The monoisotopic (exact) mass is 284 g/mol. The Kier molecular flexibility index (Phi) is 8.62. The predicted octanol–water partition coefficient (Wildman–Crippen LogP) is 1.31. The SMILES string of the molecule is CCOCCNC(=NC)NCC(C)N1CCC(C)CC1. The van der Waals surface area contributed by atoms with Crippen LogP contribution in [0, 0.1) is 5.92 Å². The molecule has 1 heterocycles. The van der Waals surface area contributed by atoms with Crippen molar-refractivity contribution in [1.29, 1.82) is 0 Å². The van der Waals surface area contributed by atoms with Crippen LogP contribution >= 0.6 is 0 Å². The van der Waals surface area contributed by atoms with Gasteiger partial charge in [0.25, 0.3) is 0 Å². The minimum Gasteiger partial charge on any atom is -0.380 e. The lowest BCUT2D eigenvalue weighted by atomic mass is 9.98. The Balaban J connectivity index is 2.19. The second-order valence-corrected chi connectivity index (χ2v) is 5.64. The third-order valence-corrected chi connectivity index (χ3v) is 3.97. The van der Waals surface area contributed by atoms with Gasteiger partial charge in [0.05, 0.1) is 6.61 Å². The summed E-state index contributed by atoms with van der Waals surface area (Å²) in [5, 5.41) is 6.66. The largest absolute Gasteiger partial charge is 0.380 e. The number of nitrogens with zero attached hydrogens (tertiary/aromatic N) is 2. The molecule has 5 heteroatoms. The van der Waals surface area contributed by atoms with Crippen LogP contribution < -0.4 is 10.6 Å². The predicted molar refractivity (Wildman–Crippen MR) is 85.3 cm³/mol. The van der Waals surface area contributed by atoms with Gasteiger partial charge < -0.3 is 15.4 Å².